The van der Waals surface area contributed by atoms with Gasteiger partial charge in [-0.05, 0) is 13.8 Å². The maximum Gasteiger partial charge on any atom is 0.246 e. The van der Waals surface area contributed by atoms with Gasteiger partial charge in [0.2, 0.25) is 17.7 Å². The fourth-order valence-corrected chi connectivity index (χ4v) is 2.99. The van der Waals surface area contributed by atoms with Gasteiger partial charge in [0.1, 0.15) is 6.04 Å². The van der Waals surface area contributed by atoms with E-state index in [-0.39, 0.29) is 24.3 Å². The lowest BCUT2D eigenvalue weighted by atomic mass is 10.1. The van der Waals surface area contributed by atoms with E-state index in [0.717, 1.165) is 0 Å². The van der Waals surface area contributed by atoms with E-state index in [9.17, 15) is 9.59 Å². The van der Waals surface area contributed by atoms with Gasteiger partial charge in [0, 0.05) is 18.7 Å². The molecule has 1 fully saturated rings. The number of nitrogens with zero attached hydrogens (tertiary/aromatic N) is 3. The molecule has 0 spiro atoms. The minimum absolute atomic E-state index is 0.114. The first-order valence-electron chi connectivity index (χ1n) is 7.23. The van der Waals surface area contributed by atoms with Crippen LogP contribution >= 0.6 is 11.8 Å². The molecule has 2 heterocycles. The number of hydrogen-bond donors (Lipinski definition) is 1. The quantitative estimate of drug-likeness (QED) is 0.893. The van der Waals surface area contributed by atoms with Crippen molar-refractivity contribution < 1.29 is 14.1 Å². The highest BCUT2D eigenvalue weighted by atomic mass is 32.2. The molecule has 1 saturated heterocycles. The van der Waals surface area contributed by atoms with Crippen molar-refractivity contribution in [1.82, 2.24) is 20.4 Å². The number of nitrogens with one attached hydrogen (secondary N) is 1. The maximum atomic E-state index is 12.4. The molecule has 7 nitrogen and oxygen atoms in total. The topological polar surface area (TPSA) is 88.3 Å². The lowest BCUT2D eigenvalue weighted by Crippen LogP contribution is -2.57. The van der Waals surface area contributed by atoms with Crippen LogP contribution in [-0.2, 0) is 16.1 Å². The number of amides is 2. The molecule has 2 rings (SSSR count). The Hall–Kier alpha value is -1.57. The van der Waals surface area contributed by atoms with E-state index in [1.807, 2.05) is 27.7 Å². The van der Waals surface area contributed by atoms with E-state index in [1.54, 1.807) is 7.05 Å². The number of carbonyl (C=O) groups excluding carboxylic acids is 2. The van der Waals surface area contributed by atoms with E-state index in [1.165, 1.54) is 16.7 Å². The normalized spacial score (nSPS) is 20.8. The second kappa shape index (κ2) is 6.28. The molecule has 1 N–H and O–H groups in total. The largest absolute Gasteiger partial charge is 0.342 e. The van der Waals surface area contributed by atoms with Gasteiger partial charge < -0.3 is 14.7 Å². The summed E-state index contributed by atoms with van der Waals surface area (Å²) in [7, 11) is 1.67. The molecule has 8 heteroatoms. The van der Waals surface area contributed by atoms with Gasteiger partial charge in [-0.2, -0.15) is 4.98 Å². The summed E-state index contributed by atoms with van der Waals surface area (Å²) in [5.41, 5.74) is 0. The fraction of sp³-hybridized carbons (Fsp3) is 0.714. The zero-order valence-corrected chi connectivity index (χ0v) is 14.4. The van der Waals surface area contributed by atoms with E-state index in [4.69, 9.17) is 4.52 Å². The maximum absolute atomic E-state index is 12.4. The average Bonchev–Trinajstić information content (AvgIpc) is 2.89. The van der Waals surface area contributed by atoms with Gasteiger partial charge in [-0.3, -0.25) is 9.59 Å². The smallest absolute Gasteiger partial charge is 0.246 e. The third-order valence-corrected chi connectivity index (χ3v) is 4.90. The Morgan fingerprint density at radius 3 is 2.77 bits per heavy atom. The molecule has 1 aromatic rings. The lowest BCUT2D eigenvalue weighted by Gasteiger charge is -2.34. The summed E-state index contributed by atoms with van der Waals surface area (Å²) < 4.78 is 4.63. The lowest BCUT2D eigenvalue weighted by molar-refractivity contribution is -0.136. The number of aromatic nitrogens is 2. The molecule has 2 amide bonds. The minimum Gasteiger partial charge on any atom is -0.342 e. The van der Waals surface area contributed by atoms with Gasteiger partial charge in [-0.15, -0.1) is 11.8 Å². The van der Waals surface area contributed by atoms with E-state index in [0.29, 0.717) is 17.5 Å². The highest BCUT2D eigenvalue weighted by Crippen LogP contribution is 2.29. The number of hydrogen-bond acceptors (Lipinski definition) is 6. The molecule has 1 aliphatic heterocycles. The highest BCUT2D eigenvalue weighted by molar-refractivity contribution is 8.01. The molecule has 1 atom stereocenters. The number of carbonyl (C=O) groups is 2. The first kappa shape index (κ1) is 16.8. The molecule has 1 aliphatic rings. The molecule has 122 valence electrons. The second-order valence-corrected chi connectivity index (χ2v) is 7.89. The van der Waals surface area contributed by atoms with Crippen LogP contribution < -0.4 is 5.32 Å². The molecule has 0 radical (unpaired) electrons. The van der Waals surface area contributed by atoms with E-state index < -0.39 is 10.8 Å². The van der Waals surface area contributed by atoms with Gasteiger partial charge >= 0.3 is 0 Å². The zero-order chi connectivity index (χ0) is 16.5. The van der Waals surface area contributed by atoms with Crippen LogP contribution in [0.4, 0.5) is 0 Å². The predicted molar refractivity (Wildman–Crippen MR) is 83.3 cm³/mol. The van der Waals surface area contributed by atoms with E-state index >= 15 is 0 Å². The van der Waals surface area contributed by atoms with Crippen LogP contribution in [-0.4, -0.2) is 50.4 Å². The number of thioether (sulfide) groups is 1. The van der Waals surface area contributed by atoms with Gasteiger partial charge in [-0.1, -0.05) is 19.0 Å². The van der Waals surface area contributed by atoms with Crippen molar-refractivity contribution in [3.8, 4) is 0 Å². The summed E-state index contributed by atoms with van der Waals surface area (Å²) in [5, 5.41) is 6.65. The summed E-state index contributed by atoms with van der Waals surface area (Å²) in [5.74, 6) is 1.47. The van der Waals surface area contributed by atoms with Crippen molar-refractivity contribution in [3.05, 3.63) is 11.7 Å². The molecular formula is C14H22N4O3S. The summed E-state index contributed by atoms with van der Waals surface area (Å²) in [6.45, 7) is 7.88. The fourth-order valence-electron chi connectivity index (χ4n) is 1.99. The summed E-state index contributed by atoms with van der Waals surface area (Å²) in [6.07, 6.45) is 0. The van der Waals surface area contributed by atoms with Gasteiger partial charge in [0.15, 0.2) is 5.82 Å². The first-order chi connectivity index (χ1) is 10.2. The average molecular weight is 326 g/mol. The molecule has 0 saturated carbocycles. The molecule has 0 aliphatic carbocycles. The molecule has 22 heavy (non-hydrogen) atoms. The highest BCUT2D eigenvalue weighted by Gasteiger charge is 2.38. The number of rotatable bonds is 4. The number of likely N-dealkylation sites (N-methyl/N-ethyl adjacent to an activating group) is 1. The van der Waals surface area contributed by atoms with Crippen LogP contribution in [0, 0.1) is 0 Å². The molecular weight excluding hydrogens is 304 g/mol. The van der Waals surface area contributed by atoms with Crippen molar-refractivity contribution in [3.63, 3.8) is 0 Å². The van der Waals surface area contributed by atoms with Crippen molar-refractivity contribution in [2.75, 3.05) is 12.8 Å². The monoisotopic (exact) mass is 326 g/mol. The Morgan fingerprint density at radius 2 is 2.23 bits per heavy atom. The third-order valence-electron chi connectivity index (χ3n) is 3.49. The van der Waals surface area contributed by atoms with Crippen LogP contribution in [0.1, 0.15) is 45.3 Å². The third kappa shape index (κ3) is 3.60. The van der Waals surface area contributed by atoms with Gasteiger partial charge in [0.25, 0.3) is 0 Å². The Bertz CT molecular complexity index is 570. The molecule has 1 aromatic heterocycles. The van der Waals surface area contributed by atoms with Gasteiger partial charge in [-0.25, -0.2) is 0 Å². The minimum atomic E-state index is -0.507. The van der Waals surface area contributed by atoms with Crippen LogP contribution in [0.2, 0.25) is 0 Å². The standard InChI is InChI=1S/C14H22N4O3S/c1-8(2)11-16-10(17-21-11)6-18(5)12(19)9-7-22-14(3,4)13(20)15-9/h8-9H,6-7H2,1-5H3,(H,15,20). The second-order valence-electron chi connectivity index (χ2n) is 6.25. The summed E-state index contributed by atoms with van der Waals surface area (Å²) in [4.78, 5) is 30.1. The molecule has 0 aromatic carbocycles. The van der Waals surface area contributed by atoms with Crippen LogP contribution in [0.15, 0.2) is 4.52 Å². The zero-order valence-electron chi connectivity index (χ0n) is 13.5. The van der Waals surface area contributed by atoms with E-state index in [2.05, 4.69) is 15.5 Å². The summed E-state index contributed by atoms with van der Waals surface area (Å²) in [6, 6.07) is -0.507. The van der Waals surface area contributed by atoms with Crippen LogP contribution in [0.25, 0.3) is 0 Å². The van der Waals surface area contributed by atoms with Crippen molar-refractivity contribution in [2.24, 2.45) is 0 Å². The molecule has 1 unspecified atom stereocenters. The van der Waals surface area contributed by atoms with Gasteiger partial charge in [0.05, 0.1) is 11.3 Å². The Morgan fingerprint density at radius 1 is 1.55 bits per heavy atom. The van der Waals surface area contributed by atoms with Crippen molar-refractivity contribution >= 4 is 23.6 Å². The Labute approximate surface area is 134 Å². The van der Waals surface area contributed by atoms with Crippen molar-refractivity contribution in [1.29, 1.82) is 0 Å². The van der Waals surface area contributed by atoms with Crippen LogP contribution in [0.5, 0.6) is 0 Å². The molecule has 0 bridgehead atoms. The Kier molecular flexibility index (Phi) is 4.79. The summed E-state index contributed by atoms with van der Waals surface area (Å²) >= 11 is 1.49. The van der Waals surface area contributed by atoms with Crippen LogP contribution in [0.3, 0.4) is 0 Å². The SMILES string of the molecule is CC(C)c1nc(CN(C)C(=O)C2CSC(C)(C)C(=O)N2)no1. The predicted octanol–water partition coefficient (Wildman–Crippen LogP) is 1.16. The first-order valence-corrected chi connectivity index (χ1v) is 8.21. The Balaban J connectivity index is 1.96. The van der Waals surface area contributed by atoms with Crippen molar-refractivity contribution in [2.45, 2.75) is 50.9 Å².